The van der Waals surface area contributed by atoms with Gasteiger partial charge in [0.1, 0.15) is 11.6 Å². The average molecular weight is 411 g/mol. The zero-order valence-electron chi connectivity index (χ0n) is 18.4. The van der Waals surface area contributed by atoms with E-state index in [1.165, 1.54) is 0 Å². The van der Waals surface area contributed by atoms with E-state index in [-0.39, 0.29) is 23.8 Å². The maximum absolute atomic E-state index is 13.2. The second kappa shape index (κ2) is 9.92. The minimum absolute atomic E-state index is 0.0384. The van der Waals surface area contributed by atoms with Crippen molar-refractivity contribution in [2.24, 2.45) is 17.1 Å². The molecule has 0 radical (unpaired) electrons. The Bertz CT molecular complexity index is 593. The van der Waals surface area contributed by atoms with Gasteiger partial charge in [0.05, 0.1) is 17.9 Å². The minimum atomic E-state index is -0.822. The topological polar surface area (TPSA) is 108 Å². The highest BCUT2D eigenvalue weighted by Gasteiger charge is 2.45. The first-order chi connectivity index (χ1) is 13.6. The molecule has 7 heteroatoms. The lowest BCUT2D eigenvalue weighted by molar-refractivity contribution is -0.158. The first-order valence-corrected chi connectivity index (χ1v) is 11.0. The fraction of sp³-hybridized carbons (Fsp3) is 0.864. The van der Waals surface area contributed by atoms with Gasteiger partial charge in [-0.05, 0) is 66.2 Å². The van der Waals surface area contributed by atoms with Crippen LogP contribution >= 0.6 is 0 Å². The summed E-state index contributed by atoms with van der Waals surface area (Å²) in [6.07, 6.45) is 6.80. The van der Waals surface area contributed by atoms with Crippen molar-refractivity contribution < 1.29 is 23.9 Å². The number of esters is 2. The third-order valence-corrected chi connectivity index (χ3v) is 5.99. The largest absolute Gasteiger partial charge is 0.466 e. The molecule has 0 aromatic heterocycles. The van der Waals surface area contributed by atoms with Crippen LogP contribution in [0.1, 0.15) is 85.5 Å². The van der Waals surface area contributed by atoms with Crippen LogP contribution in [0.15, 0.2) is 0 Å². The molecule has 0 bridgehead atoms. The van der Waals surface area contributed by atoms with E-state index in [9.17, 15) is 14.4 Å². The first-order valence-electron chi connectivity index (χ1n) is 11.0. The average Bonchev–Trinajstić information content (AvgIpc) is 3.10. The molecule has 3 N–H and O–H groups in total. The summed E-state index contributed by atoms with van der Waals surface area (Å²) in [5, 5.41) is 3.17. The standard InChI is InChI=1S/C22H38N2O5/c1-5-28-18(25)15-9-8-10-16(13-15)24-20(27)22(11-6-7-12-22)14-17(23)19(26)29-21(2,3)4/h15-17H,5-14,23H2,1-4H3,(H,24,27)/t15-,16+,17?/m1/s1. The van der Waals surface area contributed by atoms with Gasteiger partial charge in [-0.2, -0.15) is 0 Å². The molecular formula is C22H38N2O5. The van der Waals surface area contributed by atoms with Crippen LogP contribution in [0.25, 0.3) is 0 Å². The van der Waals surface area contributed by atoms with E-state index < -0.39 is 23.0 Å². The SMILES string of the molecule is CCOC(=O)[C@@H]1CCC[C@H](NC(=O)C2(CC(N)C(=O)OC(C)(C)C)CCCC2)C1. The number of carbonyl (C=O) groups is 3. The van der Waals surface area contributed by atoms with Gasteiger partial charge in [0, 0.05) is 6.04 Å². The highest BCUT2D eigenvalue weighted by molar-refractivity contribution is 5.85. The van der Waals surface area contributed by atoms with Crippen molar-refractivity contribution in [3.05, 3.63) is 0 Å². The van der Waals surface area contributed by atoms with Crippen LogP contribution in [-0.4, -0.2) is 42.1 Å². The molecule has 2 aliphatic rings. The molecule has 2 saturated carbocycles. The highest BCUT2D eigenvalue weighted by atomic mass is 16.6. The van der Waals surface area contributed by atoms with E-state index >= 15 is 0 Å². The lowest BCUT2D eigenvalue weighted by Gasteiger charge is -2.35. The lowest BCUT2D eigenvalue weighted by Crippen LogP contribution is -2.50. The molecule has 0 saturated heterocycles. The molecule has 0 spiro atoms. The number of hydrogen-bond acceptors (Lipinski definition) is 6. The third kappa shape index (κ3) is 6.69. The van der Waals surface area contributed by atoms with Crippen LogP contribution < -0.4 is 11.1 Å². The Kier molecular flexibility index (Phi) is 8.09. The Labute approximate surface area is 174 Å². The number of hydrogen-bond donors (Lipinski definition) is 2. The van der Waals surface area contributed by atoms with Gasteiger partial charge in [-0.15, -0.1) is 0 Å². The Balaban J connectivity index is 1.99. The molecule has 3 atom stereocenters. The van der Waals surface area contributed by atoms with Gasteiger partial charge in [0.2, 0.25) is 5.91 Å². The minimum Gasteiger partial charge on any atom is -0.466 e. The Morgan fingerprint density at radius 3 is 2.38 bits per heavy atom. The van der Waals surface area contributed by atoms with E-state index in [1.54, 1.807) is 27.7 Å². The van der Waals surface area contributed by atoms with Crippen molar-refractivity contribution in [2.45, 2.75) is 103 Å². The molecule has 0 aliphatic heterocycles. The van der Waals surface area contributed by atoms with Crippen LogP contribution in [0, 0.1) is 11.3 Å². The van der Waals surface area contributed by atoms with E-state index in [2.05, 4.69) is 5.32 Å². The zero-order chi connectivity index (χ0) is 21.7. The number of carbonyl (C=O) groups excluding carboxylic acids is 3. The fourth-order valence-corrected chi connectivity index (χ4v) is 4.59. The molecule has 1 unspecified atom stereocenters. The predicted octanol–water partition coefficient (Wildman–Crippen LogP) is 2.84. The van der Waals surface area contributed by atoms with Crippen molar-refractivity contribution in [3.63, 3.8) is 0 Å². The maximum Gasteiger partial charge on any atom is 0.323 e. The van der Waals surface area contributed by atoms with Crippen LogP contribution in [0.2, 0.25) is 0 Å². The highest BCUT2D eigenvalue weighted by Crippen LogP contribution is 2.42. The molecule has 0 heterocycles. The van der Waals surface area contributed by atoms with E-state index in [0.29, 0.717) is 19.4 Å². The maximum atomic E-state index is 13.2. The number of amides is 1. The summed E-state index contributed by atoms with van der Waals surface area (Å²) in [5.41, 5.74) is 4.90. The van der Waals surface area contributed by atoms with Crippen LogP contribution in [0.3, 0.4) is 0 Å². The summed E-state index contributed by atoms with van der Waals surface area (Å²) in [6.45, 7) is 7.59. The second-order valence-electron chi connectivity index (χ2n) is 9.62. The van der Waals surface area contributed by atoms with Gasteiger partial charge in [-0.25, -0.2) is 0 Å². The molecule has 1 amide bonds. The van der Waals surface area contributed by atoms with Gasteiger partial charge in [-0.3, -0.25) is 14.4 Å². The summed E-state index contributed by atoms with van der Waals surface area (Å²) in [7, 11) is 0. The smallest absolute Gasteiger partial charge is 0.323 e. The first kappa shape index (κ1) is 23.6. The Morgan fingerprint density at radius 1 is 1.14 bits per heavy atom. The molecule has 7 nitrogen and oxygen atoms in total. The molecule has 2 fully saturated rings. The summed E-state index contributed by atoms with van der Waals surface area (Å²) < 4.78 is 10.6. The molecule has 0 aromatic rings. The molecule has 166 valence electrons. The number of rotatable bonds is 7. The van der Waals surface area contributed by atoms with Gasteiger partial charge >= 0.3 is 11.9 Å². The van der Waals surface area contributed by atoms with Gasteiger partial charge < -0.3 is 20.5 Å². The summed E-state index contributed by atoms with van der Waals surface area (Å²) in [6, 6.07) is -0.863. The Hall–Kier alpha value is -1.63. The number of ether oxygens (including phenoxy) is 2. The van der Waals surface area contributed by atoms with Crippen LogP contribution in [0.4, 0.5) is 0 Å². The Morgan fingerprint density at radius 2 is 1.79 bits per heavy atom. The third-order valence-electron chi connectivity index (χ3n) is 5.99. The fourth-order valence-electron chi connectivity index (χ4n) is 4.59. The molecule has 29 heavy (non-hydrogen) atoms. The summed E-state index contributed by atoms with van der Waals surface area (Å²) in [5.74, 6) is -0.827. The lowest BCUT2D eigenvalue weighted by atomic mass is 9.78. The van der Waals surface area contributed by atoms with Gasteiger partial charge in [0.15, 0.2) is 0 Å². The number of nitrogens with two attached hydrogens (primary N) is 1. The van der Waals surface area contributed by atoms with Crippen molar-refractivity contribution in [1.82, 2.24) is 5.32 Å². The predicted molar refractivity (Wildman–Crippen MR) is 110 cm³/mol. The summed E-state index contributed by atoms with van der Waals surface area (Å²) in [4.78, 5) is 37.7. The van der Waals surface area contributed by atoms with Crippen LogP contribution in [-0.2, 0) is 23.9 Å². The van der Waals surface area contributed by atoms with Crippen LogP contribution in [0.5, 0.6) is 0 Å². The van der Waals surface area contributed by atoms with E-state index in [0.717, 1.165) is 44.9 Å². The second-order valence-corrected chi connectivity index (χ2v) is 9.62. The molecule has 0 aromatic carbocycles. The van der Waals surface area contributed by atoms with E-state index in [4.69, 9.17) is 15.2 Å². The molecule has 2 rings (SSSR count). The van der Waals surface area contributed by atoms with Gasteiger partial charge in [-0.1, -0.05) is 19.3 Å². The van der Waals surface area contributed by atoms with Crippen molar-refractivity contribution in [3.8, 4) is 0 Å². The molecular weight excluding hydrogens is 372 g/mol. The van der Waals surface area contributed by atoms with Crippen molar-refractivity contribution in [2.75, 3.05) is 6.61 Å². The normalized spacial score (nSPS) is 25.1. The van der Waals surface area contributed by atoms with Crippen molar-refractivity contribution >= 4 is 17.8 Å². The van der Waals surface area contributed by atoms with E-state index in [1.807, 2.05) is 0 Å². The monoisotopic (exact) mass is 410 g/mol. The summed E-state index contributed by atoms with van der Waals surface area (Å²) >= 11 is 0. The quantitative estimate of drug-likeness (QED) is 0.625. The van der Waals surface area contributed by atoms with Crippen molar-refractivity contribution in [1.29, 1.82) is 0 Å². The molecule has 2 aliphatic carbocycles. The van der Waals surface area contributed by atoms with Gasteiger partial charge in [0.25, 0.3) is 0 Å². The zero-order valence-corrected chi connectivity index (χ0v) is 18.4. The number of nitrogens with one attached hydrogen (secondary N) is 1.